The molecule has 18 heavy (non-hydrogen) atoms. The first kappa shape index (κ1) is 11.9. The number of nitrogens with zero attached hydrogens (tertiary/aromatic N) is 2. The van der Waals surface area contributed by atoms with Gasteiger partial charge >= 0.3 is 0 Å². The Hall–Kier alpha value is -2.54. The van der Waals surface area contributed by atoms with Crippen molar-refractivity contribution < 1.29 is 9.47 Å². The molecule has 0 radical (unpaired) electrons. The molecule has 0 saturated heterocycles. The first-order chi connectivity index (χ1) is 8.78. The van der Waals surface area contributed by atoms with Gasteiger partial charge in [0, 0.05) is 17.3 Å². The van der Waals surface area contributed by atoms with Gasteiger partial charge in [0.2, 0.25) is 0 Å². The van der Waals surface area contributed by atoms with Gasteiger partial charge in [0.05, 0.1) is 32.0 Å². The summed E-state index contributed by atoms with van der Waals surface area (Å²) in [4.78, 5) is 4.09. The zero-order valence-electron chi connectivity index (χ0n) is 10.2. The zero-order valence-corrected chi connectivity index (χ0v) is 10.2. The van der Waals surface area contributed by atoms with Gasteiger partial charge in [0.15, 0.2) is 0 Å². The molecule has 0 saturated carbocycles. The van der Waals surface area contributed by atoms with Crippen LogP contribution in [0, 0.1) is 11.3 Å². The van der Waals surface area contributed by atoms with Crippen LogP contribution in [0.15, 0.2) is 36.7 Å². The van der Waals surface area contributed by atoms with E-state index in [1.807, 2.05) is 12.1 Å². The van der Waals surface area contributed by atoms with Gasteiger partial charge < -0.3 is 9.47 Å². The van der Waals surface area contributed by atoms with Gasteiger partial charge in [0.1, 0.15) is 11.5 Å². The van der Waals surface area contributed by atoms with Crippen LogP contribution in [0.2, 0.25) is 0 Å². The number of ether oxygens (including phenoxy) is 2. The number of nitriles is 1. The van der Waals surface area contributed by atoms with Crippen molar-refractivity contribution in [1.82, 2.24) is 4.98 Å². The van der Waals surface area contributed by atoms with E-state index < -0.39 is 0 Å². The Bertz CT molecular complexity index is 603. The van der Waals surface area contributed by atoms with Crippen molar-refractivity contribution in [1.29, 1.82) is 5.26 Å². The summed E-state index contributed by atoms with van der Waals surface area (Å²) in [7, 11) is 3.17. The van der Waals surface area contributed by atoms with Crippen molar-refractivity contribution in [2.24, 2.45) is 0 Å². The molecule has 0 aliphatic carbocycles. The van der Waals surface area contributed by atoms with E-state index in [1.165, 1.54) is 0 Å². The maximum Gasteiger partial charge on any atom is 0.137 e. The number of benzene rings is 1. The van der Waals surface area contributed by atoms with Gasteiger partial charge in [-0.15, -0.1) is 0 Å². The predicted molar refractivity (Wildman–Crippen MR) is 67.5 cm³/mol. The third-order valence-corrected chi connectivity index (χ3v) is 2.61. The quantitative estimate of drug-likeness (QED) is 0.827. The molecule has 90 valence electrons. The van der Waals surface area contributed by atoms with Crippen LogP contribution in [0.25, 0.3) is 11.1 Å². The number of hydrogen-bond acceptors (Lipinski definition) is 4. The minimum atomic E-state index is 0.575. The first-order valence-corrected chi connectivity index (χ1v) is 5.36. The van der Waals surface area contributed by atoms with E-state index >= 15 is 0 Å². The molecule has 1 heterocycles. The lowest BCUT2D eigenvalue weighted by atomic mass is 10.0. The summed E-state index contributed by atoms with van der Waals surface area (Å²) in [6.07, 6.45) is 3.31. The molecule has 0 bridgehead atoms. The molecule has 0 N–H and O–H groups in total. The van der Waals surface area contributed by atoms with Crippen molar-refractivity contribution in [3.8, 4) is 28.7 Å². The third-order valence-electron chi connectivity index (χ3n) is 2.61. The number of methoxy groups -OCH3 is 2. The molecule has 4 nitrogen and oxygen atoms in total. The van der Waals surface area contributed by atoms with E-state index in [9.17, 15) is 0 Å². The minimum absolute atomic E-state index is 0.575. The van der Waals surface area contributed by atoms with Crippen molar-refractivity contribution in [2.75, 3.05) is 14.2 Å². The average molecular weight is 240 g/mol. The van der Waals surface area contributed by atoms with Crippen LogP contribution in [-0.4, -0.2) is 19.2 Å². The average Bonchev–Trinajstić information content (AvgIpc) is 2.46. The fourth-order valence-electron chi connectivity index (χ4n) is 1.66. The second-order valence-electron chi connectivity index (χ2n) is 3.64. The highest BCUT2D eigenvalue weighted by Gasteiger charge is 2.08. The highest BCUT2D eigenvalue weighted by molar-refractivity contribution is 5.72. The van der Waals surface area contributed by atoms with Gasteiger partial charge in [0.25, 0.3) is 0 Å². The normalized spacial score (nSPS) is 9.61. The van der Waals surface area contributed by atoms with E-state index in [4.69, 9.17) is 14.7 Å². The number of hydrogen-bond donors (Lipinski definition) is 0. The van der Waals surface area contributed by atoms with Gasteiger partial charge in [-0.25, -0.2) is 0 Å². The highest BCUT2D eigenvalue weighted by Crippen LogP contribution is 2.29. The van der Waals surface area contributed by atoms with E-state index in [0.29, 0.717) is 17.1 Å². The summed E-state index contributed by atoms with van der Waals surface area (Å²) in [5, 5.41) is 9.13. The summed E-state index contributed by atoms with van der Waals surface area (Å²) in [5.74, 6) is 1.35. The van der Waals surface area contributed by atoms with Crippen LogP contribution in [0.3, 0.4) is 0 Å². The molecule has 0 aliphatic heterocycles. The van der Waals surface area contributed by atoms with Gasteiger partial charge in [-0.3, -0.25) is 4.98 Å². The molecule has 0 amide bonds. The van der Waals surface area contributed by atoms with Crippen molar-refractivity contribution >= 4 is 0 Å². The predicted octanol–water partition coefficient (Wildman–Crippen LogP) is 2.64. The zero-order chi connectivity index (χ0) is 13.0. The molecule has 2 rings (SSSR count). The molecule has 2 aromatic rings. The fourth-order valence-corrected chi connectivity index (χ4v) is 1.66. The van der Waals surface area contributed by atoms with Crippen LogP contribution in [-0.2, 0) is 0 Å². The fraction of sp³-hybridized carbons (Fsp3) is 0.143. The molecule has 1 aromatic carbocycles. The van der Waals surface area contributed by atoms with Crippen LogP contribution >= 0.6 is 0 Å². The van der Waals surface area contributed by atoms with Crippen molar-refractivity contribution in [2.45, 2.75) is 0 Å². The summed E-state index contributed by atoms with van der Waals surface area (Å²) in [6, 6.07) is 9.30. The summed E-state index contributed by atoms with van der Waals surface area (Å²) in [5.41, 5.74) is 2.18. The maximum absolute atomic E-state index is 9.13. The summed E-state index contributed by atoms with van der Waals surface area (Å²) < 4.78 is 10.3. The van der Waals surface area contributed by atoms with Crippen LogP contribution in [0.4, 0.5) is 0 Å². The van der Waals surface area contributed by atoms with E-state index in [1.54, 1.807) is 38.7 Å². The Morgan fingerprint density at radius 3 is 2.50 bits per heavy atom. The molecule has 0 unspecified atom stereocenters. The SMILES string of the molecule is COc1cncc(-c2cc(OC)ccc2C#N)c1. The van der Waals surface area contributed by atoms with Gasteiger partial charge in [-0.2, -0.15) is 5.26 Å². The Morgan fingerprint density at radius 1 is 1.06 bits per heavy atom. The third kappa shape index (κ3) is 2.25. The minimum Gasteiger partial charge on any atom is -0.497 e. The molecule has 4 heteroatoms. The lowest BCUT2D eigenvalue weighted by Gasteiger charge is -2.08. The lowest BCUT2D eigenvalue weighted by Crippen LogP contribution is -1.90. The molecule has 0 spiro atoms. The van der Waals surface area contributed by atoms with Crippen LogP contribution in [0.5, 0.6) is 11.5 Å². The van der Waals surface area contributed by atoms with E-state index in [2.05, 4.69) is 11.1 Å². The topological polar surface area (TPSA) is 55.1 Å². The molecule has 0 aliphatic rings. The molecular weight excluding hydrogens is 228 g/mol. The molecule has 1 aromatic heterocycles. The second-order valence-corrected chi connectivity index (χ2v) is 3.64. The number of aromatic nitrogens is 1. The van der Waals surface area contributed by atoms with E-state index in [-0.39, 0.29) is 0 Å². The number of rotatable bonds is 3. The van der Waals surface area contributed by atoms with Crippen LogP contribution < -0.4 is 9.47 Å². The Labute approximate surface area is 105 Å². The molecular formula is C14H12N2O2. The summed E-state index contributed by atoms with van der Waals surface area (Å²) in [6.45, 7) is 0. The van der Waals surface area contributed by atoms with Crippen molar-refractivity contribution in [3.63, 3.8) is 0 Å². The summed E-state index contributed by atoms with van der Waals surface area (Å²) >= 11 is 0. The molecule has 0 atom stereocenters. The Morgan fingerprint density at radius 2 is 1.83 bits per heavy atom. The van der Waals surface area contributed by atoms with Crippen molar-refractivity contribution in [3.05, 3.63) is 42.2 Å². The number of pyridine rings is 1. The molecule has 0 fully saturated rings. The Balaban J connectivity index is 2.57. The maximum atomic E-state index is 9.13. The Kier molecular flexibility index (Phi) is 3.44. The second kappa shape index (κ2) is 5.19. The van der Waals surface area contributed by atoms with Gasteiger partial charge in [-0.05, 0) is 24.3 Å². The largest absolute Gasteiger partial charge is 0.497 e. The standard InChI is InChI=1S/C14H12N2O2/c1-17-12-4-3-10(7-15)14(6-12)11-5-13(18-2)9-16-8-11/h3-6,8-9H,1-2H3. The highest BCUT2D eigenvalue weighted by atomic mass is 16.5. The smallest absolute Gasteiger partial charge is 0.137 e. The van der Waals surface area contributed by atoms with Crippen LogP contribution in [0.1, 0.15) is 5.56 Å². The van der Waals surface area contributed by atoms with E-state index in [0.717, 1.165) is 11.1 Å². The first-order valence-electron chi connectivity index (χ1n) is 5.36. The monoisotopic (exact) mass is 240 g/mol. The van der Waals surface area contributed by atoms with Gasteiger partial charge in [-0.1, -0.05) is 0 Å². The lowest BCUT2D eigenvalue weighted by molar-refractivity contribution is 0.413.